The van der Waals surface area contributed by atoms with Gasteiger partial charge in [0, 0.05) is 24.3 Å². The third kappa shape index (κ3) is 4.37. The molecule has 0 radical (unpaired) electrons. The lowest BCUT2D eigenvalue weighted by molar-refractivity contribution is -0.122. The first-order valence-electron chi connectivity index (χ1n) is 9.32. The first-order valence-corrected chi connectivity index (χ1v) is 10.6. The Labute approximate surface area is 182 Å². The summed E-state index contributed by atoms with van der Waals surface area (Å²) in [5, 5.41) is 7.96. The van der Waals surface area contributed by atoms with Gasteiger partial charge in [0.15, 0.2) is 0 Å². The molecule has 2 aromatic carbocycles. The highest BCUT2D eigenvalue weighted by molar-refractivity contribution is 7.12. The number of halogens is 1. The summed E-state index contributed by atoms with van der Waals surface area (Å²) < 4.78 is 0. The zero-order chi connectivity index (χ0) is 21.1. The lowest BCUT2D eigenvalue weighted by Gasteiger charge is -2.18. The molecule has 2 heterocycles. The number of para-hydroxylation sites is 1. The Morgan fingerprint density at radius 2 is 1.77 bits per heavy atom. The van der Waals surface area contributed by atoms with Crippen LogP contribution < -0.4 is 15.5 Å². The molecular weight excluding hydrogens is 422 g/mol. The Bertz CT molecular complexity index is 1100. The summed E-state index contributed by atoms with van der Waals surface area (Å²) in [6.45, 7) is 0.267. The maximum absolute atomic E-state index is 12.7. The van der Waals surface area contributed by atoms with Gasteiger partial charge in [-0.25, -0.2) is 0 Å². The zero-order valence-corrected chi connectivity index (χ0v) is 17.4. The third-order valence-electron chi connectivity index (χ3n) is 4.77. The lowest BCUT2D eigenvalue weighted by atomic mass is 10.1. The standard InChI is InChI=1S/C22H18ClN3O3S/c23-17-7-1-2-8-18(17)26-13-14(11-20(26)27)21(28)24-15-5-3-6-16(12-15)25-22(29)19-9-4-10-30-19/h1-10,12,14H,11,13H2,(H,24,28)(H,25,29). The fourth-order valence-electron chi connectivity index (χ4n) is 3.31. The highest BCUT2D eigenvalue weighted by atomic mass is 35.5. The monoisotopic (exact) mass is 439 g/mol. The van der Waals surface area contributed by atoms with Crippen LogP contribution in [0.15, 0.2) is 66.0 Å². The van der Waals surface area contributed by atoms with Crippen molar-refractivity contribution in [3.63, 3.8) is 0 Å². The van der Waals surface area contributed by atoms with Gasteiger partial charge in [-0.15, -0.1) is 11.3 Å². The second kappa shape index (κ2) is 8.69. The van der Waals surface area contributed by atoms with Crippen molar-refractivity contribution in [2.24, 2.45) is 5.92 Å². The molecule has 3 aromatic rings. The predicted molar refractivity (Wildman–Crippen MR) is 119 cm³/mol. The number of carbonyl (C=O) groups is 3. The smallest absolute Gasteiger partial charge is 0.265 e. The van der Waals surface area contributed by atoms with Crippen LogP contribution in [0.5, 0.6) is 0 Å². The van der Waals surface area contributed by atoms with E-state index >= 15 is 0 Å². The Hall–Kier alpha value is -3.16. The van der Waals surface area contributed by atoms with E-state index in [4.69, 9.17) is 11.6 Å². The van der Waals surface area contributed by atoms with Gasteiger partial charge in [-0.2, -0.15) is 0 Å². The molecule has 0 saturated carbocycles. The first-order chi connectivity index (χ1) is 14.5. The molecule has 1 unspecified atom stereocenters. The second-order valence-electron chi connectivity index (χ2n) is 6.86. The van der Waals surface area contributed by atoms with Gasteiger partial charge in [-0.05, 0) is 41.8 Å². The van der Waals surface area contributed by atoms with Gasteiger partial charge in [-0.3, -0.25) is 14.4 Å². The highest BCUT2D eigenvalue weighted by Crippen LogP contribution is 2.31. The molecule has 1 atom stereocenters. The fraction of sp³-hybridized carbons (Fsp3) is 0.136. The molecule has 3 amide bonds. The van der Waals surface area contributed by atoms with Gasteiger partial charge in [0.1, 0.15) is 0 Å². The summed E-state index contributed by atoms with van der Waals surface area (Å²) in [6, 6.07) is 17.5. The molecule has 0 aliphatic carbocycles. The van der Waals surface area contributed by atoms with Crippen LogP contribution in [0.1, 0.15) is 16.1 Å². The molecule has 1 saturated heterocycles. The van der Waals surface area contributed by atoms with Crippen LogP contribution in [0.4, 0.5) is 17.1 Å². The highest BCUT2D eigenvalue weighted by Gasteiger charge is 2.35. The molecule has 8 heteroatoms. The van der Waals surface area contributed by atoms with Gasteiger partial charge in [0.25, 0.3) is 5.91 Å². The minimum atomic E-state index is -0.488. The Morgan fingerprint density at radius 1 is 1.00 bits per heavy atom. The number of amides is 3. The number of rotatable bonds is 5. The number of hydrogen-bond acceptors (Lipinski definition) is 4. The molecule has 30 heavy (non-hydrogen) atoms. The van der Waals surface area contributed by atoms with E-state index in [9.17, 15) is 14.4 Å². The fourth-order valence-corrected chi connectivity index (χ4v) is 4.16. The van der Waals surface area contributed by atoms with Gasteiger partial charge < -0.3 is 15.5 Å². The molecular formula is C22H18ClN3O3S. The number of thiophene rings is 1. The molecule has 6 nitrogen and oxygen atoms in total. The van der Waals surface area contributed by atoms with Gasteiger partial charge in [0.2, 0.25) is 11.8 Å². The second-order valence-corrected chi connectivity index (χ2v) is 8.21. The summed E-state index contributed by atoms with van der Waals surface area (Å²) in [7, 11) is 0. The predicted octanol–water partition coefficient (Wildman–Crippen LogP) is 4.65. The summed E-state index contributed by atoms with van der Waals surface area (Å²) in [5.41, 5.74) is 1.73. The minimum Gasteiger partial charge on any atom is -0.326 e. The van der Waals surface area contributed by atoms with Crippen LogP contribution >= 0.6 is 22.9 Å². The van der Waals surface area contributed by atoms with Gasteiger partial charge in [-0.1, -0.05) is 35.9 Å². The third-order valence-corrected chi connectivity index (χ3v) is 5.96. The first kappa shape index (κ1) is 20.1. The summed E-state index contributed by atoms with van der Waals surface area (Å²) >= 11 is 7.55. The van der Waals surface area contributed by atoms with Gasteiger partial charge in [0.05, 0.1) is 21.5 Å². The minimum absolute atomic E-state index is 0.117. The van der Waals surface area contributed by atoms with Crippen LogP contribution in [-0.2, 0) is 9.59 Å². The molecule has 1 aliphatic rings. The number of hydrogen-bond donors (Lipinski definition) is 2. The van der Waals surface area contributed by atoms with E-state index in [1.165, 1.54) is 11.3 Å². The lowest BCUT2D eigenvalue weighted by Crippen LogP contribution is -2.28. The Morgan fingerprint density at radius 3 is 2.50 bits per heavy atom. The SMILES string of the molecule is O=C(Nc1cccc(NC(=O)C2CC(=O)N(c3ccccc3Cl)C2)c1)c1cccs1. The summed E-state index contributed by atoms with van der Waals surface area (Å²) in [6.07, 6.45) is 0.117. The van der Waals surface area contributed by atoms with Crippen molar-refractivity contribution >= 4 is 57.7 Å². The molecule has 0 bridgehead atoms. The van der Waals surface area contributed by atoms with E-state index < -0.39 is 5.92 Å². The average Bonchev–Trinajstić information content (AvgIpc) is 3.39. The number of nitrogens with one attached hydrogen (secondary N) is 2. The van der Waals surface area contributed by atoms with E-state index in [1.54, 1.807) is 59.5 Å². The molecule has 4 rings (SSSR count). The molecule has 1 aromatic heterocycles. The summed E-state index contributed by atoms with van der Waals surface area (Å²) in [4.78, 5) is 39.5. The van der Waals surface area contributed by atoms with E-state index in [0.717, 1.165) is 0 Å². The van der Waals surface area contributed by atoms with E-state index in [-0.39, 0.29) is 30.7 Å². The number of anilines is 3. The molecule has 1 fully saturated rings. The molecule has 0 spiro atoms. The van der Waals surface area contributed by atoms with Crippen LogP contribution in [0.25, 0.3) is 0 Å². The largest absolute Gasteiger partial charge is 0.326 e. The van der Waals surface area contributed by atoms with Crippen molar-refractivity contribution in [1.82, 2.24) is 0 Å². The maximum Gasteiger partial charge on any atom is 0.265 e. The van der Waals surface area contributed by atoms with E-state index in [1.807, 2.05) is 11.4 Å². The van der Waals surface area contributed by atoms with E-state index in [2.05, 4.69) is 10.6 Å². The van der Waals surface area contributed by atoms with Crippen molar-refractivity contribution < 1.29 is 14.4 Å². The van der Waals surface area contributed by atoms with Crippen LogP contribution in [0.3, 0.4) is 0 Å². The molecule has 2 N–H and O–H groups in total. The van der Waals surface area contributed by atoms with Crippen molar-refractivity contribution in [3.05, 3.63) is 75.9 Å². The quantitative estimate of drug-likeness (QED) is 0.607. The number of carbonyl (C=O) groups excluding carboxylic acids is 3. The van der Waals surface area contributed by atoms with Gasteiger partial charge >= 0.3 is 0 Å². The molecule has 152 valence electrons. The number of nitrogens with zero attached hydrogens (tertiary/aromatic N) is 1. The van der Waals surface area contributed by atoms with Crippen LogP contribution in [0, 0.1) is 5.92 Å². The Kier molecular flexibility index (Phi) is 5.83. The Balaban J connectivity index is 1.41. The average molecular weight is 440 g/mol. The van der Waals surface area contributed by atoms with Crippen molar-refractivity contribution in [2.45, 2.75) is 6.42 Å². The number of benzene rings is 2. The zero-order valence-electron chi connectivity index (χ0n) is 15.8. The van der Waals surface area contributed by atoms with Crippen LogP contribution in [-0.4, -0.2) is 24.3 Å². The summed E-state index contributed by atoms with van der Waals surface area (Å²) in [5.74, 6) is -1.08. The van der Waals surface area contributed by atoms with E-state index in [0.29, 0.717) is 27.0 Å². The topological polar surface area (TPSA) is 78.5 Å². The maximum atomic E-state index is 12.7. The molecule has 1 aliphatic heterocycles. The normalized spacial score (nSPS) is 15.8. The van der Waals surface area contributed by atoms with Crippen molar-refractivity contribution in [2.75, 3.05) is 22.1 Å². The van der Waals surface area contributed by atoms with Crippen molar-refractivity contribution in [3.8, 4) is 0 Å². The van der Waals surface area contributed by atoms with Crippen molar-refractivity contribution in [1.29, 1.82) is 0 Å². The van der Waals surface area contributed by atoms with Crippen LogP contribution in [0.2, 0.25) is 5.02 Å².